The van der Waals surface area contributed by atoms with Gasteiger partial charge in [-0.25, -0.2) is 16.8 Å². The first-order chi connectivity index (χ1) is 15.4. The minimum atomic E-state index is -3.80. The smallest absolute Gasteiger partial charge is 0.360 e. The maximum Gasteiger partial charge on any atom is 0.400 e. The van der Waals surface area contributed by atoms with Gasteiger partial charge in [-0.2, -0.15) is 4.79 Å². The summed E-state index contributed by atoms with van der Waals surface area (Å²) in [4.78, 5) is 27.4. The van der Waals surface area contributed by atoms with E-state index in [0.717, 1.165) is 11.1 Å². The van der Waals surface area contributed by atoms with Crippen LogP contribution < -0.4 is 0 Å². The fraction of sp³-hybridized carbons (Fsp3) is 0.286. The molecule has 0 heterocycles. The highest BCUT2D eigenvalue weighted by Gasteiger charge is 2.27. The molecule has 2 rings (SSSR count). The van der Waals surface area contributed by atoms with Gasteiger partial charge in [0, 0.05) is 34.2 Å². The molecule has 2 aromatic carbocycles. The highest BCUT2D eigenvalue weighted by molar-refractivity contribution is 8.14. The molecule has 0 aliphatic rings. The van der Waals surface area contributed by atoms with E-state index in [9.17, 15) is 26.4 Å². The predicted molar refractivity (Wildman–Crippen MR) is 123 cm³/mol. The van der Waals surface area contributed by atoms with E-state index in [1.54, 1.807) is 24.3 Å². The number of Topliss-reactive ketones (excluding diaryl/α,β-unsaturated/α-hetero) is 2. The lowest BCUT2D eigenvalue weighted by atomic mass is 9.99. The van der Waals surface area contributed by atoms with Crippen LogP contribution in [-0.4, -0.2) is 38.9 Å². The van der Waals surface area contributed by atoms with Gasteiger partial charge in [-0.1, -0.05) is 24.3 Å². The first kappa shape index (κ1) is 26.9. The van der Waals surface area contributed by atoms with Crippen LogP contribution in [0, 0.1) is 0 Å². The van der Waals surface area contributed by atoms with Crippen LogP contribution in [0.15, 0.2) is 58.3 Å². The van der Waals surface area contributed by atoms with Gasteiger partial charge in [-0.15, -0.1) is 0 Å². The van der Waals surface area contributed by atoms with E-state index in [-0.39, 0.29) is 22.6 Å². The molecule has 0 spiro atoms. The molecule has 2 aromatic rings. The molecule has 0 amide bonds. The number of nitrogens with zero attached hydrogens (tertiary/aromatic N) is 2. The maximum atomic E-state index is 12.3. The van der Waals surface area contributed by atoms with Crippen molar-refractivity contribution in [2.45, 2.75) is 48.3 Å². The van der Waals surface area contributed by atoms with Crippen LogP contribution in [0.5, 0.6) is 0 Å². The lowest BCUT2D eigenvalue weighted by molar-refractivity contribution is -0.124. The highest BCUT2D eigenvalue weighted by atomic mass is 35.7. The average Bonchev–Trinajstić information content (AvgIpc) is 2.74. The SMILES string of the molecule is [N-]=[N+]=C(C(=O)CCCc1ccc(S(=O)(=O)Cl)cc1)C(=O)CCCc1ccc(S(=O)(=O)Cl)cc1. The Morgan fingerprint density at radius 2 is 1.03 bits per heavy atom. The van der Waals surface area contributed by atoms with Crippen molar-refractivity contribution in [3.63, 3.8) is 0 Å². The number of hydrogen-bond donors (Lipinski definition) is 0. The van der Waals surface area contributed by atoms with E-state index < -0.39 is 35.4 Å². The number of carbonyl (C=O) groups is 2. The Morgan fingerprint density at radius 3 is 1.30 bits per heavy atom. The van der Waals surface area contributed by atoms with E-state index in [1.165, 1.54) is 24.3 Å². The van der Waals surface area contributed by atoms with E-state index in [2.05, 4.69) is 4.79 Å². The molecule has 0 bridgehead atoms. The fourth-order valence-corrected chi connectivity index (χ4v) is 4.59. The Labute approximate surface area is 201 Å². The van der Waals surface area contributed by atoms with Crippen LogP contribution in [0.3, 0.4) is 0 Å². The first-order valence-electron chi connectivity index (χ1n) is 9.77. The summed E-state index contributed by atoms with van der Waals surface area (Å²) < 4.78 is 45.0. The number of ketones is 2. The number of hydrogen-bond acceptors (Lipinski definition) is 6. The van der Waals surface area contributed by atoms with Crippen LogP contribution in [0.25, 0.3) is 5.53 Å². The van der Waals surface area contributed by atoms with E-state index >= 15 is 0 Å². The Kier molecular flexibility index (Phi) is 9.51. The van der Waals surface area contributed by atoms with Crippen LogP contribution in [0.1, 0.15) is 36.8 Å². The fourth-order valence-electron chi connectivity index (χ4n) is 3.05. The number of halogens is 2. The maximum absolute atomic E-state index is 12.3. The van der Waals surface area contributed by atoms with Crippen LogP contribution >= 0.6 is 21.4 Å². The van der Waals surface area contributed by atoms with Gasteiger partial charge in [0.25, 0.3) is 18.1 Å². The molecule has 0 fully saturated rings. The molecule has 0 saturated heterocycles. The lowest BCUT2D eigenvalue weighted by Crippen LogP contribution is -2.25. The van der Waals surface area contributed by atoms with Crippen molar-refractivity contribution in [2.24, 2.45) is 0 Å². The van der Waals surface area contributed by atoms with Crippen LogP contribution in [-0.2, 0) is 40.5 Å². The van der Waals surface area contributed by atoms with Gasteiger partial charge < -0.3 is 5.53 Å². The minimum absolute atomic E-state index is 0.0188. The van der Waals surface area contributed by atoms with Gasteiger partial charge in [0.15, 0.2) is 0 Å². The summed E-state index contributed by atoms with van der Waals surface area (Å²) in [6, 6.07) is 11.8. The molecule has 0 aliphatic carbocycles. The Hall–Kier alpha value is -2.36. The van der Waals surface area contributed by atoms with Gasteiger partial charge in [0.2, 0.25) is 11.6 Å². The molecule has 0 atom stereocenters. The Bertz CT molecular complexity index is 1190. The van der Waals surface area contributed by atoms with Crippen molar-refractivity contribution in [1.82, 2.24) is 0 Å². The van der Waals surface area contributed by atoms with Crippen molar-refractivity contribution in [1.29, 1.82) is 0 Å². The number of benzene rings is 2. The monoisotopic (exact) mass is 530 g/mol. The summed E-state index contributed by atoms with van der Waals surface area (Å²) in [5, 5.41) is 0. The molecule has 33 heavy (non-hydrogen) atoms. The summed E-state index contributed by atoms with van der Waals surface area (Å²) >= 11 is 0. The third kappa shape index (κ3) is 8.49. The molecule has 12 heteroatoms. The molecular formula is C21H20Cl2N2O6S2. The standard InChI is InChI=1S/C21H20Cl2N2O6S2/c22-32(28,29)17-11-7-15(8-12-17)3-1-5-19(26)21(25-24)20(27)6-2-4-16-9-13-18(14-10-16)33(23,30)31/h7-14H,1-6H2. The second-order valence-corrected chi connectivity index (χ2v) is 12.3. The van der Waals surface area contributed by atoms with E-state index in [0.29, 0.717) is 25.7 Å². The Balaban J connectivity index is 1.82. The molecule has 0 aromatic heterocycles. The molecule has 0 N–H and O–H groups in total. The molecule has 0 unspecified atom stereocenters. The summed E-state index contributed by atoms with van der Waals surface area (Å²) in [6.45, 7) is 0. The molecule has 8 nitrogen and oxygen atoms in total. The normalized spacial score (nSPS) is 11.6. The Morgan fingerprint density at radius 1 is 0.697 bits per heavy atom. The minimum Gasteiger partial charge on any atom is -0.360 e. The van der Waals surface area contributed by atoms with Crippen molar-refractivity contribution in [2.75, 3.05) is 0 Å². The number of rotatable bonds is 12. The molecular weight excluding hydrogens is 511 g/mol. The van der Waals surface area contributed by atoms with Crippen LogP contribution in [0.2, 0.25) is 0 Å². The first-order valence-corrected chi connectivity index (χ1v) is 14.4. The van der Waals surface area contributed by atoms with Crippen LogP contribution in [0.4, 0.5) is 0 Å². The van der Waals surface area contributed by atoms with Crippen molar-refractivity contribution in [3.8, 4) is 0 Å². The van der Waals surface area contributed by atoms with Gasteiger partial charge in [-0.05, 0) is 61.1 Å². The third-order valence-corrected chi connectivity index (χ3v) is 7.52. The van der Waals surface area contributed by atoms with E-state index in [4.69, 9.17) is 26.9 Å². The van der Waals surface area contributed by atoms with Gasteiger partial charge in [-0.3, -0.25) is 9.59 Å². The second-order valence-electron chi connectivity index (χ2n) is 7.17. The number of aryl methyl sites for hydroxylation is 2. The predicted octanol–water partition coefficient (Wildman–Crippen LogP) is 3.70. The topological polar surface area (TPSA) is 139 Å². The zero-order valence-electron chi connectivity index (χ0n) is 17.3. The summed E-state index contributed by atoms with van der Waals surface area (Å²) in [5.74, 6) is -1.17. The zero-order chi connectivity index (χ0) is 24.6. The zero-order valence-corrected chi connectivity index (χ0v) is 20.4. The van der Waals surface area contributed by atoms with Crippen molar-refractivity contribution in [3.05, 3.63) is 65.2 Å². The quantitative estimate of drug-likeness (QED) is 0.135. The van der Waals surface area contributed by atoms with Gasteiger partial charge >= 0.3 is 5.71 Å². The van der Waals surface area contributed by atoms with E-state index in [1.807, 2.05) is 0 Å². The summed E-state index contributed by atoms with van der Waals surface area (Å²) in [5.41, 5.74) is 10.2. The molecule has 0 aliphatic heterocycles. The largest absolute Gasteiger partial charge is 0.400 e. The van der Waals surface area contributed by atoms with Crippen molar-refractivity contribution >= 4 is 56.7 Å². The average molecular weight is 531 g/mol. The lowest BCUT2D eigenvalue weighted by Gasteiger charge is -2.03. The molecule has 176 valence electrons. The van der Waals surface area contributed by atoms with Crippen molar-refractivity contribution < 1.29 is 31.2 Å². The van der Waals surface area contributed by atoms with Gasteiger partial charge in [0.1, 0.15) is 0 Å². The van der Waals surface area contributed by atoms with Gasteiger partial charge in [0.05, 0.1) is 9.79 Å². The second kappa shape index (κ2) is 11.7. The molecule has 0 saturated carbocycles. The third-order valence-electron chi connectivity index (χ3n) is 4.78. The summed E-state index contributed by atoms with van der Waals surface area (Å²) in [7, 11) is 2.92. The highest BCUT2D eigenvalue weighted by Crippen LogP contribution is 2.17. The summed E-state index contributed by atoms with van der Waals surface area (Å²) in [6.07, 6.45) is 1.61. The number of carbonyl (C=O) groups excluding carboxylic acids is 2. The molecule has 0 radical (unpaired) electrons.